The maximum atomic E-state index is 11.7. The third-order valence-electron chi connectivity index (χ3n) is 3.84. The number of hydrogen-bond donors (Lipinski definition) is 2. The summed E-state index contributed by atoms with van der Waals surface area (Å²) in [5, 5.41) is 6.16. The number of ether oxygens (including phenoxy) is 1. The number of amides is 1. The standard InChI is InChI=1S/C18H21N3O2/c1-23-16-4-2-3-13(11-16)9-10-19-15-7-8-17(20-12-15)21-18(22)14-5-6-14/h2-4,7-8,11-12,14,19H,5-6,9-10H2,1H3,(H,20,21,22). The van der Waals surface area contributed by atoms with Crippen molar-refractivity contribution >= 4 is 17.4 Å². The normalized spacial score (nSPS) is 13.4. The number of anilines is 2. The second kappa shape index (κ2) is 7.13. The smallest absolute Gasteiger partial charge is 0.228 e. The fourth-order valence-electron chi connectivity index (χ4n) is 2.33. The minimum absolute atomic E-state index is 0.0798. The number of carbonyl (C=O) groups is 1. The number of hydrogen-bond acceptors (Lipinski definition) is 4. The van der Waals surface area contributed by atoms with Crippen molar-refractivity contribution in [3.05, 3.63) is 48.2 Å². The van der Waals surface area contributed by atoms with Crippen LogP contribution in [0.3, 0.4) is 0 Å². The number of nitrogens with zero attached hydrogens (tertiary/aromatic N) is 1. The van der Waals surface area contributed by atoms with E-state index in [-0.39, 0.29) is 11.8 Å². The van der Waals surface area contributed by atoms with E-state index in [0.717, 1.165) is 37.2 Å². The first-order chi connectivity index (χ1) is 11.2. The summed E-state index contributed by atoms with van der Waals surface area (Å²) < 4.78 is 5.22. The first kappa shape index (κ1) is 15.3. The molecule has 0 aliphatic heterocycles. The summed E-state index contributed by atoms with van der Waals surface area (Å²) in [6.07, 6.45) is 4.64. The molecule has 1 aromatic carbocycles. The molecule has 1 fully saturated rings. The van der Waals surface area contributed by atoms with Crippen molar-refractivity contribution in [1.29, 1.82) is 0 Å². The molecule has 120 valence electrons. The van der Waals surface area contributed by atoms with Crippen molar-refractivity contribution in [2.45, 2.75) is 19.3 Å². The van der Waals surface area contributed by atoms with Gasteiger partial charge >= 0.3 is 0 Å². The van der Waals surface area contributed by atoms with Crippen LogP contribution >= 0.6 is 0 Å². The van der Waals surface area contributed by atoms with Crippen LogP contribution in [0, 0.1) is 5.92 Å². The first-order valence-corrected chi connectivity index (χ1v) is 7.88. The van der Waals surface area contributed by atoms with Crippen LogP contribution in [-0.4, -0.2) is 24.5 Å². The molecule has 1 aliphatic rings. The minimum atomic E-state index is 0.0798. The van der Waals surface area contributed by atoms with Crippen LogP contribution in [0.5, 0.6) is 5.75 Å². The van der Waals surface area contributed by atoms with Crippen LogP contribution in [0.1, 0.15) is 18.4 Å². The Morgan fingerprint density at radius 2 is 2.17 bits per heavy atom. The number of carbonyl (C=O) groups excluding carboxylic acids is 1. The highest BCUT2D eigenvalue weighted by molar-refractivity contribution is 5.93. The highest BCUT2D eigenvalue weighted by Crippen LogP contribution is 2.29. The Kier molecular flexibility index (Phi) is 4.76. The van der Waals surface area contributed by atoms with Gasteiger partial charge < -0.3 is 15.4 Å². The Morgan fingerprint density at radius 3 is 2.87 bits per heavy atom. The lowest BCUT2D eigenvalue weighted by molar-refractivity contribution is -0.117. The monoisotopic (exact) mass is 311 g/mol. The third-order valence-corrected chi connectivity index (χ3v) is 3.84. The van der Waals surface area contributed by atoms with E-state index < -0.39 is 0 Å². The molecule has 0 bridgehead atoms. The van der Waals surface area contributed by atoms with Crippen molar-refractivity contribution in [3.63, 3.8) is 0 Å². The second-order valence-corrected chi connectivity index (χ2v) is 5.72. The van der Waals surface area contributed by atoms with Gasteiger partial charge in [-0.2, -0.15) is 0 Å². The van der Waals surface area contributed by atoms with Gasteiger partial charge in [0.1, 0.15) is 11.6 Å². The molecule has 3 rings (SSSR count). The lowest BCUT2D eigenvalue weighted by Gasteiger charge is -2.08. The van der Waals surface area contributed by atoms with E-state index in [9.17, 15) is 4.79 Å². The fraction of sp³-hybridized carbons (Fsp3) is 0.333. The van der Waals surface area contributed by atoms with Crippen molar-refractivity contribution in [2.75, 3.05) is 24.3 Å². The molecule has 0 spiro atoms. The Labute approximate surface area is 136 Å². The molecule has 23 heavy (non-hydrogen) atoms. The van der Waals surface area contributed by atoms with Crippen molar-refractivity contribution in [1.82, 2.24) is 4.98 Å². The van der Waals surface area contributed by atoms with Gasteiger partial charge in [-0.05, 0) is 49.1 Å². The van der Waals surface area contributed by atoms with E-state index in [0.29, 0.717) is 5.82 Å². The summed E-state index contributed by atoms with van der Waals surface area (Å²) in [6, 6.07) is 11.8. The van der Waals surface area contributed by atoms with Crippen molar-refractivity contribution < 1.29 is 9.53 Å². The zero-order valence-electron chi connectivity index (χ0n) is 13.2. The topological polar surface area (TPSA) is 63.2 Å². The highest BCUT2D eigenvalue weighted by atomic mass is 16.5. The Hall–Kier alpha value is -2.56. The van der Waals surface area contributed by atoms with E-state index in [1.165, 1.54) is 5.56 Å². The van der Waals surface area contributed by atoms with Gasteiger partial charge in [0, 0.05) is 12.5 Å². The number of nitrogens with one attached hydrogen (secondary N) is 2. The molecular formula is C18H21N3O2. The summed E-state index contributed by atoms with van der Waals surface area (Å²) in [5.41, 5.74) is 2.16. The van der Waals surface area contributed by atoms with Gasteiger partial charge in [0.2, 0.25) is 5.91 Å². The number of benzene rings is 1. The number of methoxy groups -OCH3 is 1. The zero-order chi connectivity index (χ0) is 16.1. The van der Waals surface area contributed by atoms with Crippen molar-refractivity contribution in [2.24, 2.45) is 5.92 Å². The maximum absolute atomic E-state index is 11.7. The summed E-state index contributed by atoms with van der Waals surface area (Å²) >= 11 is 0. The number of pyridine rings is 1. The predicted octanol–water partition coefficient (Wildman–Crippen LogP) is 3.09. The van der Waals surface area contributed by atoms with Crippen molar-refractivity contribution in [3.8, 4) is 5.75 Å². The van der Waals surface area contributed by atoms with Gasteiger partial charge in [-0.1, -0.05) is 12.1 Å². The van der Waals surface area contributed by atoms with Crippen LogP contribution in [0.15, 0.2) is 42.6 Å². The molecule has 0 atom stereocenters. The van der Waals surface area contributed by atoms with Gasteiger partial charge in [-0.25, -0.2) is 4.98 Å². The minimum Gasteiger partial charge on any atom is -0.497 e. The molecule has 1 heterocycles. The molecule has 1 saturated carbocycles. The summed E-state index contributed by atoms with van der Waals surface area (Å²) in [6.45, 7) is 0.808. The molecule has 1 amide bonds. The third kappa shape index (κ3) is 4.45. The highest BCUT2D eigenvalue weighted by Gasteiger charge is 2.29. The lowest BCUT2D eigenvalue weighted by Crippen LogP contribution is -2.14. The molecule has 2 aromatic rings. The number of rotatable bonds is 7. The van der Waals surface area contributed by atoms with E-state index in [1.54, 1.807) is 13.3 Å². The van der Waals surface area contributed by atoms with Crippen LogP contribution < -0.4 is 15.4 Å². The molecule has 0 radical (unpaired) electrons. The van der Waals surface area contributed by atoms with Crippen LogP contribution in [0.2, 0.25) is 0 Å². The predicted molar refractivity (Wildman–Crippen MR) is 90.8 cm³/mol. The second-order valence-electron chi connectivity index (χ2n) is 5.72. The average molecular weight is 311 g/mol. The fourth-order valence-corrected chi connectivity index (χ4v) is 2.33. The van der Waals surface area contributed by atoms with E-state index >= 15 is 0 Å². The molecule has 0 unspecified atom stereocenters. The lowest BCUT2D eigenvalue weighted by atomic mass is 10.1. The quantitative estimate of drug-likeness (QED) is 0.825. The summed E-state index contributed by atoms with van der Waals surface area (Å²) in [5.74, 6) is 1.76. The van der Waals surface area contributed by atoms with Gasteiger partial charge in [0.05, 0.1) is 19.0 Å². The van der Waals surface area contributed by atoms with Crippen LogP contribution in [0.25, 0.3) is 0 Å². The van der Waals surface area contributed by atoms with Gasteiger partial charge in [-0.3, -0.25) is 4.79 Å². The van der Waals surface area contributed by atoms with Gasteiger partial charge in [-0.15, -0.1) is 0 Å². The Morgan fingerprint density at radius 1 is 1.30 bits per heavy atom. The van der Waals surface area contributed by atoms with Crippen LogP contribution in [-0.2, 0) is 11.2 Å². The zero-order valence-corrected chi connectivity index (χ0v) is 13.2. The number of aromatic nitrogens is 1. The molecule has 5 nitrogen and oxygen atoms in total. The largest absolute Gasteiger partial charge is 0.497 e. The maximum Gasteiger partial charge on any atom is 0.228 e. The first-order valence-electron chi connectivity index (χ1n) is 7.88. The van der Waals surface area contributed by atoms with E-state index in [4.69, 9.17) is 4.74 Å². The summed E-state index contributed by atoms with van der Waals surface area (Å²) in [7, 11) is 1.67. The van der Waals surface area contributed by atoms with Crippen LogP contribution in [0.4, 0.5) is 11.5 Å². The Bertz CT molecular complexity index is 666. The molecule has 0 saturated heterocycles. The molecular weight excluding hydrogens is 290 g/mol. The molecule has 1 aliphatic carbocycles. The average Bonchev–Trinajstić information content (AvgIpc) is 3.42. The van der Waals surface area contributed by atoms with E-state index in [1.807, 2.05) is 30.3 Å². The molecule has 2 N–H and O–H groups in total. The molecule has 1 aromatic heterocycles. The summed E-state index contributed by atoms with van der Waals surface area (Å²) in [4.78, 5) is 15.9. The van der Waals surface area contributed by atoms with E-state index in [2.05, 4.69) is 21.7 Å². The molecule has 5 heteroatoms. The van der Waals surface area contributed by atoms with Gasteiger partial charge in [0.25, 0.3) is 0 Å². The SMILES string of the molecule is COc1cccc(CCNc2ccc(NC(=O)C3CC3)nc2)c1. The van der Waals surface area contributed by atoms with Gasteiger partial charge in [0.15, 0.2) is 0 Å². The Balaban J connectivity index is 1.47.